The number of nitrogens with zero attached hydrogens (tertiary/aromatic N) is 1. The molecule has 1 aromatic rings. The fraction of sp³-hybridized carbons (Fsp3) is 0.417. The third-order valence-electron chi connectivity index (χ3n) is 2.23. The Hall–Kier alpha value is -1.55. The predicted molar refractivity (Wildman–Crippen MR) is 66.8 cm³/mol. The lowest BCUT2D eigenvalue weighted by molar-refractivity contribution is 0.0952. The summed E-state index contributed by atoms with van der Waals surface area (Å²) in [6.45, 7) is 2.35. The van der Waals surface area contributed by atoms with E-state index in [1.54, 1.807) is 0 Å². The van der Waals surface area contributed by atoms with E-state index in [1.165, 1.54) is 0 Å². The molecule has 0 bridgehead atoms. The van der Waals surface area contributed by atoms with Crippen molar-refractivity contribution in [1.82, 2.24) is 5.32 Å². The van der Waals surface area contributed by atoms with E-state index in [1.807, 2.05) is 50.2 Å². The van der Waals surface area contributed by atoms with Gasteiger partial charge in [0.25, 0.3) is 5.91 Å². The minimum absolute atomic E-state index is 0.0231. The molecule has 0 aliphatic carbocycles. The van der Waals surface area contributed by atoms with Gasteiger partial charge in [-0.15, -0.1) is 0 Å². The van der Waals surface area contributed by atoms with Crippen LogP contribution in [-0.2, 0) is 0 Å². The molecule has 0 aromatic heterocycles. The van der Waals surface area contributed by atoms with E-state index in [0.29, 0.717) is 12.1 Å². The van der Waals surface area contributed by atoms with Crippen LogP contribution < -0.4 is 16.0 Å². The zero-order valence-corrected chi connectivity index (χ0v) is 10.0. The van der Waals surface area contributed by atoms with Gasteiger partial charge in [0.05, 0.1) is 0 Å². The van der Waals surface area contributed by atoms with Crippen molar-refractivity contribution in [2.24, 2.45) is 5.73 Å². The summed E-state index contributed by atoms with van der Waals surface area (Å²) in [6, 6.07) is 7.43. The monoisotopic (exact) mass is 221 g/mol. The topological polar surface area (TPSA) is 58.4 Å². The van der Waals surface area contributed by atoms with Crippen LogP contribution in [-0.4, -0.2) is 32.6 Å². The molecule has 0 aliphatic rings. The first kappa shape index (κ1) is 12.5. The zero-order valence-electron chi connectivity index (χ0n) is 10.0. The predicted octanol–water partition coefficient (Wildman–Crippen LogP) is 0.830. The highest BCUT2D eigenvalue weighted by Gasteiger charge is 2.05. The Bertz CT molecular complexity index is 344. The van der Waals surface area contributed by atoms with Gasteiger partial charge >= 0.3 is 0 Å². The van der Waals surface area contributed by atoms with Crippen molar-refractivity contribution < 1.29 is 4.79 Å². The molecular formula is C12H19N3O. The Morgan fingerprint density at radius 1 is 1.38 bits per heavy atom. The van der Waals surface area contributed by atoms with E-state index >= 15 is 0 Å². The number of benzene rings is 1. The van der Waals surface area contributed by atoms with Crippen LogP contribution in [0, 0.1) is 0 Å². The quantitative estimate of drug-likeness (QED) is 0.791. The Labute approximate surface area is 96.4 Å². The number of rotatable bonds is 4. The van der Waals surface area contributed by atoms with Gasteiger partial charge in [0.2, 0.25) is 0 Å². The molecule has 0 spiro atoms. The molecule has 0 fully saturated rings. The molecule has 1 rings (SSSR count). The summed E-state index contributed by atoms with van der Waals surface area (Å²) in [5, 5.41) is 2.77. The van der Waals surface area contributed by atoms with Gasteiger partial charge < -0.3 is 16.0 Å². The number of amides is 1. The number of hydrogen-bond donors (Lipinski definition) is 2. The summed E-state index contributed by atoms with van der Waals surface area (Å²) < 4.78 is 0. The number of carbonyl (C=O) groups is 1. The average molecular weight is 221 g/mol. The second-order valence-corrected chi connectivity index (χ2v) is 4.13. The van der Waals surface area contributed by atoms with Crippen molar-refractivity contribution in [1.29, 1.82) is 0 Å². The first-order valence-electron chi connectivity index (χ1n) is 5.32. The van der Waals surface area contributed by atoms with Crippen molar-refractivity contribution in [3.63, 3.8) is 0 Å². The van der Waals surface area contributed by atoms with Crippen LogP contribution in [0.25, 0.3) is 0 Å². The van der Waals surface area contributed by atoms with E-state index in [2.05, 4.69) is 5.32 Å². The molecule has 1 unspecified atom stereocenters. The van der Waals surface area contributed by atoms with Crippen LogP contribution in [0.4, 0.5) is 5.69 Å². The van der Waals surface area contributed by atoms with Crippen LogP contribution in [0.5, 0.6) is 0 Å². The molecule has 4 heteroatoms. The summed E-state index contributed by atoms with van der Waals surface area (Å²) in [4.78, 5) is 13.6. The van der Waals surface area contributed by atoms with Gasteiger partial charge in [-0.05, 0) is 31.2 Å². The molecule has 0 heterocycles. The largest absolute Gasteiger partial charge is 0.378 e. The fourth-order valence-electron chi connectivity index (χ4n) is 1.27. The molecule has 1 atom stereocenters. The molecule has 3 N–H and O–H groups in total. The summed E-state index contributed by atoms with van der Waals surface area (Å²) in [6.07, 6.45) is 0. The molecule has 16 heavy (non-hydrogen) atoms. The second-order valence-electron chi connectivity index (χ2n) is 4.13. The summed E-state index contributed by atoms with van der Waals surface area (Å²) in [5.74, 6) is -0.0809. The molecule has 0 saturated carbocycles. The lowest BCUT2D eigenvalue weighted by atomic mass is 10.2. The van der Waals surface area contributed by atoms with Gasteiger partial charge in [-0.3, -0.25) is 4.79 Å². The van der Waals surface area contributed by atoms with Crippen LogP contribution in [0.2, 0.25) is 0 Å². The van der Waals surface area contributed by atoms with Crippen molar-refractivity contribution in [3.8, 4) is 0 Å². The zero-order chi connectivity index (χ0) is 12.1. The molecule has 4 nitrogen and oxygen atoms in total. The summed E-state index contributed by atoms with van der Waals surface area (Å²) in [7, 11) is 3.93. The Morgan fingerprint density at radius 3 is 2.38 bits per heavy atom. The van der Waals surface area contributed by atoms with E-state index in [0.717, 1.165) is 5.69 Å². The molecule has 0 saturated heterocycles. The second kappa shape index (κ2) is 5.51. The Balaban J connectivity index is 2.63. The Morgan fingerprint density at radius 2 is 1.94 bits per heavy atom. The smallest absolute Gasteiger partial charge is 0.251 e. The van der Waals surface area contributed by atoms with Crippen LogP contribution >= 0.6 is 0 Å². The number of nitrogens with one attached hydrogen (secondary N) is 1. The summed E-state index contributed by atoms with van der Waals surface area (Å²) >= 11 is 0. The van der Waals surface area contributed by atoms with Gasteiger partial charge in [0.15, 0.2) is 0 Å². The van der Waals surface area contributed by atoms with E-state index in [-0.39, 0.29) is 11.9 Å². The first-order chi connectivity index (χ1) is 7.50. The highest BCUT2D eigenvalue weighted by Crippen LogP contribution is 2.11. The van der Waals surface area contributed by atoms with Crippen molar-refractivity contribution in [3.05, 3.63) is 29.8 Å². The van der Waals surface area contributed by atoms with E-state index in [4.69, 9.17) is 5.73 Å². The SMILES string of the molecule is CC(N)CNC(=O)c1ccc(N(C)C)cc1. The standard InChI is InChI=1S/C12H19N3O/c1-9(13)8-14-12(16)10-4-6-11(7-5-10)15(2)3/h4-7,9H,8,13H2,1-3H3,(H,14,16). The van der Waals surface area contributed by atoms with Gasteiger partial charge in [0, 0.05) is 37.9 Å². The maximum atomic E-state index is 11.7. The van der Waals surface area contributed by atoms with Gasteiger partial charge in [-0.25, -0.2) is 0 Å². The Kier molecular flexibility index (Phi) is 4.31. The van der Waals surface area contributed by atoms with Crippen LogP contribution in [0.3, 0.4) is 0 Å². The van der Waals surface area contributed by atoms with Crippen molar-refractivity contribution >= 4 is 11.6 Å². The molecular weight excluding hydrogens is 202 g/mol. The average Bonchev–Trinajstić information content (AvgIpc) is 2.26. The van der Waals surface area contributed by atoms with E-state index in [9.17, 15) is 4.79 Å². The molecule has 0 aliphatic heterocycles. The number of hydrogen-bond acceptors (Lipinski definition) is 3. The molecule has 0 radical (unpaired) electrons. The number of anilines is 1. The van der Waals surface area contributed by atoms with Gasteiger partial charge in [0.1, 0.15) is 0 Å². The van der Waals surface area contributed by atoms with E-state index < -0.39 is 0 Å². The third kappa shape index (κ3) is 3.55. The first-order valence-corrected chi connectivity index (χ1v) is 5.32. The van der Waals surface area contributed by atoms with Crippen molar-refractivity contribution in [2.45, 2.75) is 13.0 Å². The lowest BCUT2D eigenvalue weighted by Gasteiger charge is -2.13. The van der Waals surface area contributed by atoms with Gasteiger partial charge in [-0.1, -0.05) is 0 Å². The highest BCUT2D eigenvalue weighted by molar-refractivity contribution is 5.94. The minimum atomic E-state index is -0.0809. The minimum Gasteiger partial charge on any atom is -0.378 e. The maximum absolute atomic E-state index is 11.7. The van der Waals surface area contributed by atoms with Crippen LogP contribution in [0.15, 0.2) is 24.3 Å². The summed E-state index contributed by atoms with van der Waals surface area (Å²) in [5.41, 5.74) is 7.29. The highest BCUT2D eigenvalue weighted by atomic mass is 16.1. The van der Waals surface area contributed by atoms with Crippen molar-refractivity contribution in [2.75, 3.05) is 25.5 Å². The fourth-order valence-corrected chi connectivity index (χ4v) is 1.27. The third-order valence-corrected chi connectivity index (χ3v) is 2.23. The molecule has 1 amide bonds. The lowest BCUT2D eigenvalue weighted by Crippen LogP contribution is -2.35. The number of nitrogens with two attached hydrogens (primary N) is 1. The number of carbonyl (C=O) groups excluding carboxylic acids is 1. The van der Waals surface area contributed by atoms with Crippen LogP contribution in [0.1, 0.15) is 17.3 Å². The normalized spacial score (nSPS) is 12.0. The van der Waals surface area contributed by atoms with Gasteiger partial charge in [-0.2, -0.15) is 0 Å². The molecule has 1 aromatic carbocycles. The molecule has 88 valence electrons. The maximum Gasteiger partial charge on any atom is 0.251 e.